The van der Waals surface area contributed by atoms with Gasteiger partial charge in [0.2, 0.25) is 5.91 Å². The number of carbonyl (C=O) groups is 1. The van der Waals surface area contributed by atoms with E-state index in [0.717, 1.165) is 18.0 Å². The molecule has 17 heavy (non-hydrogen) atoms. The Morgan fingerprint density at radius 1 is 1.47 bits per heavy atom. The van der Waals surface area contributed by atoms with Crippen LogP contribution in [-0.4, -0.2) is 22.3 Å². The van der Waals surface area contributed by atoms with E-state index in [1.165, 1.54) is 0 Å². The maximum atomic E-state index is 12.2. The molecule has 96 valence electrons. The number of nitrogens with zero attached hydrogens (tertiary/aromatic N) is 2. The van der Waals surface area contributed by atoms with Crippen molar-refractivity contribution in [2.45, 2.75) is 47.1 Å². The normalized spacial score (nSPS) is 11.5. The van der Waals surface area contributed by atoms with Gasteiger partial charge in [-0.3, -0.25) is 4.79 Å². The molecule has 1 rings (SSSR count). The molecule has 0 unspecified atom stereocenters. The third kappa shape index (κ3) is 5.31. The second-order valence-electron chi connectivity index (χ2n) is 5.48. The monoisotopic (exact) mass is 254 g/mol. The predicted molar refractivity (Wildman–Crippen MR) is 71.9 cm³/mol. The highest BCUT2D eigenvalue weighted by molar-refractivity contribution is 7.09. The summed E-state index contributed by atoms with van der Waals surface area (Å²) in [5, 5.41) is 2.97. The Morgan fingerprint density at radius 2 is 2.18 bits per heavy atom. The van der Waals surface area contributed by atoms with Crippen molar-refractivity contribution in [3.05, 3.63) is 16.6 Å². The Balaban J connectivity index is 2.62. The van der Waals surface area contributed by atoms with Gasteiger partial charge in [0.25, 0.3) is 0 Å². The van der Waals surface area contributed by atoms with Gasteiger partial charge < -0.3 is 4.90 Å². The molecule has 3 nitrogen and oxygen atoms in total. The van der Waals surface area contributed by atoms with E-state index in [-0.39, 0.29) is 11.3 Å². The molecular formula is C13H22N2OS. The largest absolute Gasteiger partial charge is 0.336 e. The second kappa shape index (κ2) is 6.15. The Hall–Kier alpha value is -0.900. The third-order valence-corrected chi connectivity index (χ3v) is 3.10. The Bertz CT molecular complexity index is 341. The number of aromatic nitrogens is 1. The quantitative estimate of drug-likeness (QED) is 0.807. The van der Waals surface area contributed by atoms with Crippen LogP contribution in [-0.2, 0) is 11.3 Å². The summed E-state index contributed by atoms with van der Waals surface area (Å²) in [6.07, 6.45) is 3.37. The zero-order valence-electron chi connectivity index (χ0n) is 11.2. The summed E-state index contributed by atoms with van der Waals surface area (Å²) in [7, 11) is 0. The lowest BCUT2D eigenvalue weighted by molar-refractivity contribution is -0.133. The van der Waals surface area contributed by atoms with Crippen LogP contribution in [0.4, 0.5) is 0 Å². The zero-order chi connectivity index (χ0) is 12.9. The molecule has 0 radical (unpaired) electrons. The Kier molecular flexibility index (Phi) is 5.12. The van der Waals surface area contributed by atoms with E-state index >= 15 is 0 Å². The van der Waals surface area contributed by atoms with E-state index in [1.54, 1.807) is 17.5 Å². The molecule has 0 saturated heterocycles. The van der Waals surface area contributed by atoms with Crippen molar-refractivity contribution < 1.29 is 4.79 Å². The molecule has 1 aromatic rings. The maximum Gasteiger partial charge on any atom is 0.223 e. The molecule has 0 spiro atoms. The number of amides is 1. The maximum absolute atomic E-state index is 12.2. The zero-order valence-corrected chi connectivity index (χ0v) is 12.0. The van der Waals surface area contributed by atoms with E-state index in [0.29, 0.717) is 13.0 Å². The van der Waals surface area contributed by atoms with Crippen LogP contribution in [0.15, 0.2) is 11.6 Å². The average Bonchev–Trinajstić information content (AvgIpc) is 2.67. The first-order chi connectivity index (χ1) is 7.92. The van der Waals surface area contributed by atoms with Crippen molar-refractivity contribution in [3.63, 3.8) is 0 Å². The van der Waals surface area contributed by atoms with Crippen molar-refractivity contribution in [2.75, 3.05) is 6.54 Å². The first-order valence-electron chi connectivity index (χ1n) is 6.08. The Morgan fingerprint density at radius 3 is 2.65 bits per heavy atom. The summed E-state index contributed by atoms with van der Waals surface area (Å²) in [4.78, 5) is 18.3. The van der Waals surface area contributed by atoms with E-state index in [1.807, 2.05) is 10.3 Å². The highest BCUT2D eigenvalue weighted by Gasteiger charge is 2.21. The summed E-state index contributed by atoms with van der Waals surface area (Å²) >= 11 is 1.61. The molecule has 0 bridgehead atoms. The summed E-state index contributed by atoms with van der Waals surface area (Å²) < 4.78 is 0. The highest BCUT2D eigenvalue weighted by Crippen LogP contribution is 2.21. The van der Waals surface area contributed by atoms with Gasteiger partial charge in [0.15, 0.2) is 0 Å². The number of carbonyl (C=O) groups excluding carboxylic acids is 1. The minimum Gasteiger partial charge on any atom is -0.336 e. The van der Waals surface area contributed by atoms with Crippen LogP contribution < -0.4 is 0 Å². The van der Waals surface area contributed by atoms with Crippen molar-refractivity contribution in [3.8, 4) is 0 Å². The van der Waals surface area contributed by atoms with Gasteiger partial charge in [-0.05, 0) is 11.8 Å². The first kappa shape index (κ1) is 14.2. The van der Waals surface area contributed by atoms with Crippen molar-refractivity contribution in [1.82, 2.24) is 9.88 Å². The molecule has 1 heterocycles. The van der Waals surface area contributed by atoms with Crippen LogP contribution >= 0.6 is 11.3 Å². The SMILES string of the molecule is CCCN(Cc1nccs1)C(=O)CC(C)(C)C. The van der Waals surface area contributed by atoms with E-state index in [9.17, 15) is 4.79 Å². The van der Waals surface area contributed by atoms with E-state index in [2.05, 4.69) is 32.7 Å². The molecule has 0 atom stereocenters. The fourth-order valence-electron chi connectivity index (χ4n) is 1.62. The lowest BCUT2D eigenvalue weighted by Crippen LogP contribution is -2.33. The van der Waals surface area contributed by atoms with E-state index < -0.39 is 0 Å². The van der Waals surface area contributed by atoms with Gasteiger partial charge in [0.1, 0.15) is 5.01 Å². The summed E-state index contributed by atoms with van der Waals surface area (Å²) in [5.41, 5.74) is 0.0476. The molecule has 0 fully saturated rings. The molecule has 1 aromatic heterocycles. The number of hydrogen-bond acceptors (Lipinski definition) is 3. The number of hydrogen-bond donors (Lipinski definition) is 0. The topological polar surface area (TPSA) is 33.2 Å². The molecule has 0 aliphatic rings. The molecule has 1 amide bonds. The lowest BCUT2D eigenvalue weighted by atomic mass is 9.91. The standard InChI is InChI=1S/C13H22N2OS/c1-5-7-15(10-11-14-6-8-17-11)12(16)9-13(2,3)4/h6,8H,5,7,9-10H2,1-4H3. The van der Waals surface area contributed by atoms with Crippen molar-refractivity contribution in [1.29, 1.82) is 0 Å². The Labute approximate surface area is 108 Å². The minimum atomic E-state index is 0.0476. The van der Waals surface area contributed by atoms with Crippen molar-refractivity contribution >= 4 is 17.2 Å². The minimum absolute atomic E-state index is 0.0476. The van der Waals surface area contributed by atoms with Crippen LogP contribution in [0.3, 0.4) is 0 Å². The predicted octanol–water partition coefficient (Wildman–Crippen LogP) is 3.32. The fraction of sp³-hybridized carbons (Fsp3) is 0.692. The van der Waals surface area contributed by atoms with Crippen LogP contribution in [0.5, 0.6) is 0 Å². The van der Waals surface area contributed by atoms with Crippen LogP contribution in [0.25, 0.3) is 0 Å². The summed E-state index contributed by atoms with van der Waals surface area (Å²) in [6, 6.07) is 0. The molecule has 0 aliphatic heterocycles. The molecule has 0 aliphatic carbocycles. The lowest BCUT2D eigenvalue weighted by Gasteiger charge is -2.25. The van der Waals surface area contributed by atoms with Crippen molar-refractivity contribution in [2.24, 2.45) is 5.41 Å². The molecule has 0 N–H and O–H groups in total. The van der Waals surface area contributed by atoms with Gasteiger partial charge in [0.05, 0.1) is 6.54 Å². The molecule has 0 aromatic carbocycles. The number of rotatable bonds is 5. The number of thiazole rings is 1. The summed E-state index contributed by atoms with van der Waals surface area (Å²) in [5.74, 6) is 0.231. The smallest absolute Gasteiger partial charge is 0.223 e. The molecule has 0 saturated carbocycles. The van der Waals surface area contributed by atoms with E-state index in [4.69, 9.17) is 0 Å². The average molecular weight is 254 g/mol. The van der Waals surface area contributed by atoms with Gasteiger partial charge >= 0.3 is 0 Å². The fourth-order valence-corrected chi connectivity index (χ4v) is 2.25. The first-order valence-corrected chi connectivity index (χ1v) is 6.96. The van der Waals surface area contributed by atoms with Gasteiger partial charge in [-0.25, -0.2) is 4.98 Å². The highest BCUT2D eigenvalue weighted by atomic mass is 32.1. The van der Waals surface area contributed by atoms with Gasteiger partial charge in [-0.15, -0.1) is 11.3 Å². The molecule has 4 heteroatoms. The third-order valence-electron chi connectivity index (χ3n) is 2.34. The summed E-state index contributed by atoms with van der Waals surface area (Å²) in [6.45, 7) is 9.85. The van der Waals surface area contributed by atoms with Gasteiger partial charge in [-0.2, -0.15) is 0 Å². The van der Waals surface area contributed by atoms with Gasteiger partial charge in [0, 0.05) is 24.5 Å². The van der Waals surface area contributed by atoms with Crippen LogP contribution in [0.1, 0.15) is 45.5 Å². The second-order valence-corrected chi connectivity index (χ2v) is 6.46. The van der Waals surface area contributed by atoms with Gasteiger partial charge in [-0.1, -0.05) is 27.7 Å². The molecular weight excluding hydrogens is 232 g/mol. The van der Waals surface area contributed by atoms with Crippen LogP contribution in [0.2, 0.25) is 0 Å². The van der Waals surface area contributed by atoms with Crippen LogP contribution in [0, 0.1) is 5.41 Å².